The van der Waals surface area contributed by atoms with Crippen molar-refractivity contribution in [3.05, 3.63) is 88.6 Å². The fourth-order valence-electron chi connectivity index (χ4n) is 9.52. The van der Waals surface area contributed by atoms with E-state index in [1.165, 1.54) is 11.8 Å². The molecule has 0 bridgehead atoms. The topological polar surface area (TPSA) is 169 Å². The lowest BCUT2D eigenvalue weighted by Crippen LogP contribution is -2.54. The molecule has 65 heavy (non-hydrogen) atoms. The summed E-state index contributed by atoms with van der Waals surface area (Å²) >= 11 is 6.48. The number of carbonyl (C=O) groups is 4. The minimum Gasteiger partial charge on any atom is -0.494 e. The van der Waals surface area contributed by atoms with Gasteiger partial charge in [-0.1, -0.05) is 48.7 Å². The average Bonchev–Trinajstić information content (AvgIpc) is 3.63. The van der Waals surface area contributed by atoms with Gasteiger partial charge in [0.1, 0.15) is 24.0 Å². The van der Waals surface area contributed by atoms with Crippen LogP contribution >= 0.6 is 18.7 Å². The van der Waals surface area contributed by atoms with Gasteiger partial charge in [0.2, 0.25) is 23.7 Å². The van der Waals surface area contributed by atoms with Crippen molar-refractivity contribution in [1.82, 2.24) is 30.0 Å². The van der Waals surface area contributed by atoms with Crippen LogP contribution in [0.3, 0.4) is 0 Å². The van der Waals surface area contributed by atoms with Crippen LogP contribution in [0.4, 0.5) is 28.8 Å². The lowest BCUT2D eigenvalue weighted by atomic mass is 10.0. The number of rotatable bonds is 16. The van der Waals surface area contributed by atoms with E-state index < -0.39 is 19.1 Å². The fourth-order valence-corrected chi connectivity index (χ4v) is 10.8. The van der Waals surface area contributed by atoms with E-state index in [1.54, 1.807) is 25.3 Å². The number of hydrogen-bond donors (Lipinski definition) is 3. The number of carbonyl (C=O) groups excluding carboxylic acids is 4. The number of piperazine rings is 1. The second kappa shape index (κ2) is 20.3. The van der Waals surface area contributed by atoms with Gasteiger partial charge in [0, 0.05) is 87.3 Å². The van der Waals surface area contributed by atoms with Crippen molar-refractivity contribution in [2.75, 3.05) is 75.2 Å². The Kier molecular flexibility index (Phi) is 14.4. The molecule has 344 valence electrons. The monoisotopic (exact) mass is 923 g/mol. The molecular formula is C48H59ClN9O6P. The smallest absolute Gasteiger partial charge is 0.255 e. The molecule has 0 radical (unpaired) electrons. The van der Waals surface area contributed by atoms with Gasteiger partial charge in [0.15, 0.2) is 5.82 Å². The summed E-state index contributed by atoms with van der Waals surface area (Å²) in [6, 6.07) is 19.4. The standard InChI is InChI=1S/C48H59ClN9O6P/c1-64-41-29-35(15-17-38(41)52-48-50-30-37(49)45(54-48)51-39-11-8-9-12-42(39)65(2,3)63)55-22-20-34(21-23-55)56-24-26-57(27-25-56)44(60)13-7-5-4-6-10-32-14-16-36-33(28-32)31-58(47(36)62)40-18-19-43(59)53-46(40)61/h8-9,11-12,14-17,28-30,34,40H,4-7,10,13,18-27,31H2,1-3H3,(H,53,59,61)(H2,50,51,52,54). The van der Waals surface area contributed by atoms with Crippen LogP contribution in [0, 0.1) is 0 Å². The molecule has 0 aliphatic carbocycles. The number of imide groups is 1. The molecule has 0 spiro atoms. The lowest BCUT2D eigenvalue weighted by molar-refractivity contribution is -0.137. The highest BCUT2D eigenvalue weighted by Crippen LogP contribution is 2.39. The molecule has 8 rings (SSSR count). The number of halogens is 1. The highest BCUT2D eigenvalue weighted by molar-refractivity contribution is 7.70. The van der Waals surface area contributed by atoms with Gasteiger partial charge in [0.05, 0.1) is 24.7 Å². The number of methoxy groups -OCH3 is 1. The Bertz CT molecular complexity index is 2470. The van der Waals surface area contributed by atoms with Crippen LogP contribution in [0.5, 0.6) is 5.75 Å². The van der Waals surface area contributed by atoms with Gasteiger partial charge in [-0.3, -0.25) is 29.4 Å². The molecule has 1 unspecified atom stereocenters. The van der Waals surface area contributed by atoms with Crippen LogP contribution in [0.1, 0.15) is 79.3 Å². The maximum atomic E-state index is 13.2. The average molecular weight is 924 g/mol. The first-order valence-corrected chi connectivity index (χ1v) is 25.7. The van der Waals surface area contributed by atoms with Gasteiger partial charge >= 0.3 is 0 Å². The van der Waals surface area contributed by atoms with Crippen LogP contribution in [-0.4, -0.2) is 120 Å². The van der Waals surface area contributed by atoms with Crippen molar-refractivity contribution in [3.63, 3.8) is 0 Å². The van der Waals surface area contributed by atoms with Crippen molar-refractivity contribution >= 4 is 76.5 Å². The summed E-state index contributed by atoms with van der Waals surface area (Å²) in [7, 11) is -0.906. The molecule has 3 N–H and O–H groups in total. The minimum absolute atomic E-state index is 0.146. The number of anilines is 5. The molecule has 3 aromatic carbocycles. The predicted octanol–water partition coefficient (Wildman–Crippen LogP) is 6.94. The van der Waals surface area contributed by atoms with Crippen LogP contribution < -0.4 is 30.9 Å². The Labute approximate surface area is 386 Å². The van der Waals surface area contributed by atoms with Crippen molar-refractivity contribution in [1.29, 1.82) is 0 Å². The zero-order valence-corrected chi connectivity index (χ0v) is 39.1. The molecule has 1 atom stereocenters. The SMILES string of the molecule is COc1cc(N2CCC(N3CCN(C(=O)CCCCCCc4ccc5c(c4)CN(C4CCC(=O)NC4=O)C5=O)CC3)CC2)ccc1Nc1ncc(Cl)c(Nc2ccccc2P(C)(C)=O)n1. The maximum Gasteiger partial charge on any atom is 0.255 e. The van der Waals surface area contributed by atoms with E-state index in [2.05, 4.69) is 47.9 Å². The number of unbranched alkanes of at least 4 members (excludes halogenated alkanes) is 3. The molecule has 4 aliphatic heterocycles. The Morgan fingerprint density at radius 3 is 2.42 bits per heavy atom. The third-order valence-corrected chi connectivity index (χ3v) is 14.9. The van der Waals surface area contributed by atoms with Gasteiger partial charge in [0.25, 0.3) is 5.91 Å². The number of aromatic nitrogens is 2. The van der Waals surface area contributed by atoms with Gasteiger partial charge in [-0.2, -0.15) is 4.98 Å². The number of hydrogen-bond acceptors (Lipinski definition) is 12. The van der Waals surface area contributed by atoms with Gasteiger partial charge in [-0.05, 0) is 93.3 Å². The van der Waals surface area contributed by atoms with E-state index in [0.29, 0.717) is 70.2 Å². The molecular weight excluding hydrogens is 865 g/mol. The summed E-state index contributed by atoms with van der Waals surface area (Å²) < 4.78 is 18.7. The van der Waals surface area contributed by atoms with Crippen molar-refractivity contribution in [3.8, 4) is 5.75 Å². The van der Waals surface area contributed by atoms with Crippen molar-refractivity contribution < 1.29 is 28.5 Å². The first-order chi connectivity index (χ1) is 31.3. The lowest BCUT2D eigenvalue weighted by Gasteiger charge is -2.43. The van der Waals surface area contributed by atoms with Crippen molar-refractivity contribution in [2.45, 2.75) is 82.8 Å². The first-order valence-electron chi connectivity index (χ1n) is 22.8. The quantitative estimate of drug-likeness (QED) is 0.0603. The third kappa shape index (κ3) is 11.0. The number of nitrogens with one attached hydrogen (secondary N) is 3. The van der Waals surface area contributed by atoms with Gasteiger partial charge in [-0.15, -0.1) is 0 Å². The highest BCUT2D eigenvalue weighted by Gasteiger charge is 2.39. The van der Waals surface area contributed by atoms with E-state index in [1.807, 2.05) is 53.4 Å². The van der Waals surface area contributed by atoms with Crippen LogP contribution in [0.15, 0.2) is 66.9 Å². The van der Waals surface area contributed by atoms with Crippen molar-refractivity contribution in [2.24, 2.45) is 0 Å². The molecule has 17 heteroatoms. The van der Waals surface area contributed by atoms with Crippen LogP contribution in [0.25, 0.3) is 0 Å². The number of piperidine rings is 2. The number of benzene rings is 3. The second-order valence-electron chi connectivity index (χ2n) is 17.8. The summed E-state index contributed by atoms with van der Waals surface area (Å²) in [6.45, 7) is 9.05. The van der Waals surface area contributed by atoms with E-state index in [9.17, 15) is 23.7 Å². The van der Waals surface area contributed by atoms with E-state index in [0.717, 1.165) is 95.5 Å². The van der Waals surface area contributed by atoms with Gasteiger partial charge < -0.3 is 34.6 Å². The number of amides is 4. The molecule has 4 amide bonds. The summed E-state index contributed by atoms with van der Waals surface area (Å²) in [5, 5.41) is 9.93. The molecule has 5 heterocycles. The molecule has 4 aliphatic rings. The molecule has 1 aromatic heterocycles. The zero-order chi connectivity index (χ0) is 45.7. The zero-order valence-electron chi connectivity index (χ0n) is 37.5. The molecule has 3 fully saturated rings. The largest absolute Gasteiger partial charge is 0.494 e. The molecule has 0 saturated carbocycles. The molecule has 3 saturated heterocycles. The Morgan fingerprint density at radius 1 is 0.892 bits per heavy atom. The summed E-state index contributed by atoms with van der Waals surface area (Å²) in [6.07, 6.45) is 9.62. The number of ether oxygens (including phenoxy) is 1. The Morgan fingerprint density at radius 2 is 1.66 bits per heavy atom. The molecule has 15 nitrogen and oxygen atoms in total. The van der Waals surface area contributed by atoms with E-state index in [-0.39, 0.29) is 24.1 Å². The predicted molar refractivity (Wildman–Crippen MR) is 255 cm³/mol. The second-order valence-corrected chi connectivity index (χ2v) is 21.4. The maximum absolute atomic E-state index is 13.2. The van der Waals surface area contributed by atoms with Crippen LogP contribution in [-0.2, 0) is 31.9 Å². The minimum atomic E-state index is -2.55. The van der Waals surface area contributed by atoms with Gasteiger partial charge in [-0.25, -0.2) is 4.98 Å². The summed E-state index contributed by atoms with van der Waals surface area (Å²) in [4.78, 5) is 67.7. The first kappa shape index (κ1) is 46.0. The fraction of sp³-hybridized carbons (Fsp3) is 0.458. The summed E-state index contributed by atoms with van der Waals surface area (Å²) in [5.41, 5.74) is 5.23. The number of aryl methyl sites for hydroxylation is 1. The number of nitrogens with zero attached hydrogens (tertiary/aromatic N) is 6. The normalized spacial score (nSPS) is 18.4. The third-order valence-electron chi connectivity index (χ3n) is 13.1. The van der Waals surface area contributed by atoms with Crippen LogP contribution in [0.2, 0.25) is 5.02 Å². The van der Waals surface area contributed by atoms with E-state index in [4.69, 9.17) is 16.3 Å². The summed E-state index contributed by atoms with van der Waals surface area (Å²) in [5.74, 6) is 0.829. The highest BCUT2D eigenvalue weighted by atomic mass is 35.5. The Hall–Kier alpha value is -5.50. The number of fused-ring (bicyclic) bond motifs is 1. The Balaban J connectivity index is 0.735. The van der Waals surface area contributed by atoms with E-state index >= 15 is 0 Å². The molecule has 4 aromatic rings. The number of para-hydroxylation sites is 1.